The van der Waals surface area contributed by atoms with Crippen molar-refractivity contribution in [2.45, 2.75) is 45.7 Å². The first-order chi connectivity index (χ1) is 11.3. The molecule has 1 aromatic rings. The maximum Gasteiger partial charge on any atom is 0.237 e. The van der Waals surface area contributed by atoms with Crippen molar-refractivity contribution in [1.82, 2.24) is 9.80 Å². The highest BCUT2D eigenvalue weighted by Gasteiger charge is 2.29. The maximum atomic E-state index is 13.4. The predicted molar refractivity (Wildman–Crippen MR) is 93.0 cm³/mol. The van der Waals surface area contributed by atoms with Crippen LogP contribution in [0.25, 0.3) is 0 Å². The van der Waals surface area contributed by atoms with Gasteiger partial charge in [-0.15, -0.1) is 0 Å². The Kier molecular flexibility index (Phi) is 6.35. The number of amides is 1. The van der Waals surface area contributed by atoms with E-state index in [1.54, 1.807) is 6.07 Å². The Morgan fingerprint density at radius 1 is 1.42 bits per heavy atom. The monoisotopic (exact) mass is 336 g/mol. The zero-order chi connectivity index (χ0) is 17.7. The van der Waals surface area contributed by atoms with Crippen molar-refractivity contribution < 1.29 is 14.3 Å². The van der Waals surface area contributed by atoms with Gasteiger partial charge in [0.1, 0.15) is 5.82 Å². The second-order valence-electron chi connectivity index (χ2n) is 7.71. The fourth-order valence-electron chi connectivity index (χ4n) is 3.24. The molecule has 1 amide bonds. The lowest BCUT2D eigenvalue weighted by Gasteiger charge is -2.39. The molecule has 1 heterocycles. The van der Waals surface area contributed by atoms with Gasteiger partial charge in [-0.25, -0.2) is 4.39 Å². The summed E-state index contributed by atoms with van der Waals surface area (Å²) in [5, 5.41) is 9.34. The summed E-state index contributed by atoms with van der Waals surface area (Å²) in [5.74, 6) is 0.0267. The van der Waals surface area contributed by atoms with E-state index in [9.17, 15) is 14.3 Å². The molecule has 0 aromatic heterocycles. The standard InChI is InChI=1S/C19H29FN2O2/c1-19(2,3)22(12-15-6-4-8-17(20)10-15)18(24)13-21-9-5-7-16(11-21)14-23/h4,6,8,10,16,23H,5,7,9,11-14H2,1-3H3/t16-/m1/s1. The van der Waals surface area contributed by atoms with Crippen molar-refractivity contribution in [3.63, 3.8) is 0 Å². The third-order valence-electron chi connectivity index (χ3n) is 4.56. The van der Waals surface area contributed by atoms with Gasteiger partial charge in [0.2, 0.25) is 5.91 Å². The van der Waals surface area contributed by atoms with Gasteiger partial charge in [-0.2, -0.15) is 0 Å². The van der Waals surface area contributed by atoms with Crippen LogP contribution in [0.15, 0.2) is 24.3 Å². The quantitative estimate of drug-likeness (QED) is 0.899. The molecule has 0 radical (unpaired) electrons. The minimum absolute atomic E-state index is 0.0466. The van der Waals surface area contributed by atoms with Crippen LogP contribution < -0.4 is 0 Å². The van der Waals surface area contributed by atoms with E-state index >= 15 is 0 Å². The van der Waals surface area contributed by atoms with Crippen molar-refractivity contribution in [1.29, 1.82) is 0 Å². The Morgan fingerprint density at radius 2 is 2.17 bits per heavy atom. The van der Waals surface area contributed by atoms with E-state index < -0.39 is 0 Å². The average molecular weight is 336 g/mol. The van der Waals surface area contributed by atoms with Crippen molar-refractivity contribution in [3.8, 4) is 0 Å². The normalized spacial score (nSPS) is 19.3. The molecule has 1 saturated heterocycles. The second-order valence-corrected chi connectivity index (χ2v) is 7.71. The van der Waals surface area contributed by atoms with Crippen LogP contribution in [0.4, 0.5) is 4.39 Å². The summed E-state index contributed by atoms with van der Waals surface area (Å²) in [5.41, 5.74) is 0.459. The molecule has 1 atom stereocenters. The van der Waals surface area contributed by atoms with Crippen LogP contribution >= 0.6 is 0 Å². The molecule has 1 aliphatic heterocycles. The van der Waals surface area contributed by atoms with Gasteiger partial charge in [-0.05, 0) is 63.8 Å². The molecule has 1 N–H and O–H groups in total. The fourth-order valence-corrected chi connectivity index (χ4v) is 3.24. The Balaban J connectivity index is 2.05. The number of aliphatic hydroxyl groups is 1. The smallest absolute Gasteiger partial charge is 0.237 e. The van der Waals surface area contributed by atoms with E-state index in [0.717, 1.165) is 31.5 Å². The predicted octanol–water partition coefficient (Wildman–Crippen LogP) is 2.66. The summed E-state index contributed by atoms with van der Waals surface area (Å²) >= 11 is 0. The first kappa shape index (κ1) is 18.9. The number of rotatable bonds is 5. The molecule has 0 unspecified atom stereocenters. The van der Waals surface area contributed by atoms with Crippen LogP contribution in [0.5, 0.6) is 0 Å². The molecule has 2 rings (SSSR count). The highest BCUT2D eigenvalue weighted by molar-refractivity contribution is 5.79. The molecule has 4 nitrogen and oxygen atoms in total. The maximum absolute atomic E-state index is 13.4. The third-order valence-corrected chi connectivity index (χ3v) is 4.56. The van der Waals surface area contributed by atoms with Gasteiger partial charge in [0.15, 0.2) is 0 Å². The van der Waals surface area contributed by atoms with Gasteiger partial charge >= 0.3 is 0 Å². The molecular weight excluding hydrogens is 307 g/mol. The molecule has 134 valence electrons. The number of nitrogens with zero attached hydrogens (tertiary/aromatic N) is 2. The molecule has 1 aliphatic rings. The van der Waals surface area contributed by atoms with Gasteiger partial charge in [-0.1, -0.05) is 12.1 Å². The van der Waals surface area contributed by atoms with Crippen LogP contribution in [0.2, 0.25) is 0 Å². The summed E-state index contributed by atoms with van der Waals surface area (Å²) in [6, 6.07) is 6.41. The summed E-state index contributed by atoms with van der Waals surface area (Å²) in [6.45, 7) is 8.57. The van der Waals surface area contributed by atoms with E-state index in [1.165, 1.54) is 12.1 Å². The average Bonchev–Trinajstić information content (AvgIpc) is 2.51. The van der Waals surface area contributed by atoms with E-state index in [0.29, 0.717) is 13.1 Å². The summed E-state index contributed by atoms with van der Waals surface area (Å²) < 4.78 is 13.4. The Labute approximate surface area is 144 Å². The van der Waals surface area contributed by atoms with Crippen molar-refractivity contribution >= 4 is 5.91 Å². The second kappa shape index (κ2) is 8.08. The van der Waals surface area contributed by atoms with E-state index in [1.807, 2.05) is 31.7 Å². The van der Waals surface area contributed by atoms with Crippen molar-refractivity contribution in [2.75, 3.05) is 26.2 Å². The van der Waals surface area contributed by atoms with E-state index in [4.69, 9.17) is 0 Å². The third kappa shape index (κ3) is 5.28. The lowest BCUT2D eigenvalue weighted by atomic mass is 9.99. The number of carbonyl (C=O) groups is 1. The van der Waals surface area contributed by atoms with Crippen LogP contribution in [0, 0.1) is 11.7 Å². The summed E-state index contributed by atoms with van der Waals surface area (Å²) in [6.07, 6.45) is 2.03. The molecule has 1 fully saturated rings. The largest absolute Gasteiger partial charge is 0.396 e. The molecule has 1 aromatic carbocycles. The number of benzene rings is 1. The molecule has 0 aliphatic carbocycles. The Bertz CT molecular complexity index is 557. The summed E-state index contributed by atoms with van der Waals surface area (Å²) in [7, 11) is 0. The lowest BCUT2D eigenvalue weighted by Crippen LogP contribution is -2.50. The van der Waals surface area contributed by atoms with Crippen molar-refractivity contribution in [3.05, 3.63) is 35.6 Å². The van der Waals surface area contributed by atoms with Crippen LogP contribution in [0.1, 0.15) is 39.2 Å². The molecule has 0 spiro atoms. The number of halogens is 1. The highest BCUT2D eigenvalue weighted by Crippen LogP contribution is 2.20. The first-order valence-corrected chi connectivity index (χ1v) is 8.67. The first-order valence-electron chi connectivity index (χ1n) is 8.67. The van der Waals surface area contributed by atoms with Gasteiger partial charge in [-0.3, -0.25) is 9.69 Å². The minimum atomic E-state index is -0.338. The SMILES string of the molecule is CC(C)(C)N(Cc1cccc(F)c1)C(=O)CN1CCC[C@@H](CO)C1. The number of likely N-dealkylation sites (tertiary alicyclic amines) is 1. The Morgan fingerprint density at radius 3 is 2.79 bits per heavy atom. The number of hydrogen-bond acceptors (Lipinski definition) is 3. The Hall–Kier alpha value is -1.46. The zero-order valence-electron chi connectivity index (χ0n) is 15.0. The number of piperidine rings is 1. The van der Waals surface area contributed by atoms with E-state index in [2.05, 4.69) is 4.90 Å². The topological polar surface area (TPSA) is 43.8 Å². The fraction of sp³-hybridized carbons (Fsp3) is 0.632. The van der Waals surface area contributed by atoms with Gasteiger partial charge in [0.25, 0.3) is 0 Å². The molecule has 5 heteroatoms. The number of aliphatic hydroxyl groups excluding tert-OH is 1. The van der Waals surface area contributed by atoms with Gasteiger partial charge < -0.3 is 10.0 Å². The van der Waals surface area contributed by atoms with Crippen LogP contribution in [-0.2, 0) is 11.3 Å². The molecule has 24 heavy (non-hydrogen) atoms. The zero-order valence-corrected chi connectivity index (χ0v) is 15.0. The van der Waals surface area contributed by atoms with Crippen LogP contribution in [0.3, 0.4) is 0 Å². The lowest BCUT2D eigenvalue weighted by molar-refractivity contribution is -0.138. The van der Waals surface area contributed by atoms with Gasteiger partial charge in [0, 0.05) is 25.2 Å². The van der Waals surface area contributed by atoms with E-state index in [-0.39, 0.29) is 29.8 Å². The molecule has 0 bridgehead atoms. The summed E-state index contributed by atoms with van der Waals surface area (Å²) in [4.78, 5) is 16.8. The number of carbonyl (C=O) groups excluding carboxylic acids is 1. The van der Waals surface area contributed by atoms with Gasteiger partial charge in [0.05, 0.1) is 6.54 Å². The molecule has 0 saturated carbocycles. The number of hydrogen-bond donors (Lipinski definition) is 1. The highest BCUT2D eigenvalue weighted by atomic mass is 19.1. The van der Waals surface area contributed by atoms with Crippen molar-refractivity contribution in [2.24, 2.45) is 5.92 Å². The minimum Gasteiger partial charge on any atom is -0.396 e. The van der Waals surface area contributed by atoms with Crippen LogP contribution in [-0.4, -0.2) is 52.6 Å². The molecular formula is C19H29FN2O2.